The average molecular weight is 440 g/mol. The van der Waals surface area contributed by atoms with Crippen LogP contribution in [-0.2, 0) is 16.1 Å². The van der Waals surface area contributed by atoms with Crippen LogP contribution in [0.15, 0.2) is 53.4 Å². The predicted octanol–water partition coefficient (Wildman–Crippen LogP) is 4.17. The highest BCUT2D eigenvalue weighted by Crippen LogP contribution is 2.36. The molecule has 2 N–H and O–H groups in total. The first-order valence-corrected chi connectivity index (χ1v) is 10.4. The summed E-state index contributed by atoms with van der Waals surface area (Å²) in [6.07, 6.45) is 1.71. The van der Waals surface area contributed by atoms with E-state index in [1.165, 1.54) is 0 Å². The van der Waals surface area contributed by atoms with Crippen molar-refractivity contribution in [3.63, 3.8) is 0 Å². The number of nitrogens with zero attached hydrogens (tertiary/aromatic N) is 2. The van der Waals surface area contributed by atoms with E-state index in [0.29, 0.717) is 11.6 Å². The molecule has 1 aromatic heterocycles. The van der Waals surface area contributed by atoms with Crippen LogP contribution in [0.5, 0.6) is 0 Å². The van der Waals surface area contributed by atoms with Gasteiger partial charge in [-0.3, -0.25) is 19.3 Å². The van der Waals surface area contributed by atoms with Gasteiger partial charge in [-0.05, 0) is 42.5 Å². The van der Waals surface area contributed by atoms with Gasteiger partial charge in [-0.15, -0.1) is 0 Å². The number of carbonyl (C=O) groups is 3. The molecule has 1 aliphatic rings. The van der Waals surface area contributed by atoms with Gasteiger partial charge in [0.25, 0.3) is 11.1 Å². The number of para-hydroxylation sites is 1. The van der Waals surface area contributed by atoms with Gasteiger partial charge in [0.05, 0.1) is 4.91 Å². The standard InChI is InChI=1S/C22H18ClN3O3S/c1-13-16(10-19-21(28)26(12-20(24)27)22(29)30-19)15-7-3-5-9-18(15)25(13)11-14-6-2-4-8-17(14)23/h2-10H,11-12H2,1H3,(H2,24,27)/b19-10-. The molecule has 8 heteroatoms. The Balaban J connectivity index is 1.79. The van der Waals surface area contributed by atoms with E-state index in [2.05, 4.69) is 4.57 Å². The van der Waals surface area contributed by atoms with E-state index >= 15 is 0 Å². The van der Waals surface area contributed by atoms with E-state index in [1.807, 2.05) is 55.5 Å². The van der Waals surface area contributed by atoms with Crippen LogP contribution in [0.1, 0.15) is 16.8 Å². The molecule has 3 aromatic rings. The van der Waals surface area contributed by atoms with Crippen molar-refractivity contribution in [2.45, 2.75) is 13.5 Å². The molecule has 3 amide bonds. The highest BCUT2D eigenvalue weighted by Gasteiger charge is 2.36. The highest BCUT2D eigenvalue weighted by molar-refractivity contribution is 8.18. The van der Waals surface area contributed by atoms with Gasteiger partial charge in [-0.1, -0.05) is 48.0 Å². The molecule has 0 unspecified atom stereocenters. The van der Waals surface area contributed by atoms with E-state index in [1.54, 1.807) is 6.08 Å². The number of aromatic nitrogens is 1. The molecule has 1 fully saturated rings. The Morgan fingerprint density at radius 1 is 1.13 bits per heavy atom. The molecule has 0 atom stereocenters. The first-order chi connectivity index (χ1) is 14.4. The molecule has 2 heterocycles. The van der Waals surface area contributed by atoms with E-state index in [0.717, 1.165) is 44.4 Å². The van der Waals surface area contributed by atoms with Crippen molar-refractivity contribution < 1.29 is 14.4 Å². The van der Waals surface area contributed by atoms with Crippen LogP contribution in [0.2, 0.25) is 5.02 Å². The maximum atomic E-state index is 12.6. The van der Waals surface area contributed by atoms with Gasteiger partial charge in [-0.25, -0.2) is 0 Å². The Hall–Kier alpha value is -3.03. The topological polar surface area (TPSA) is 85.4 Å². The summed E-state index contributed by atoms with van der Waals surface area (Å²) in [5.41, 5.74) is 8.93. The Labute approximate surface area is 182 Å². The Morgan fingerprint density at radius 3 is 2.57 bits per heavy atom. The van der Waals surface area contributed by atoms with Crippen molar-refractivity contribution in [1.29, 1.82) is 0 Å². The van der Waals surface area contributed by atoms with Crippen molar-refractivity contribution in [2.24, 2.45) is 5.73 Å². The lowest BCUT2D eigenvalue weighted by molar-refractivity contribution is -0.127. The van der Waals surface area contributed by atoms with Crippen LogP contribution in [0.3, 0.4) is 0 Å². The second-order valence-electron chi connectivity index (χ2n) is 6.93. The number of hydrogen-bond donors (Lipinski definition) is 1. The van der Waals surface area contributed by atoms with Crippen LogP contribution in [0, 0.1) is 6.92 Å². The lowest BCUT2D eigenvalue weighted by atomic mass is 10.1. The molecular formula is C22H18ClN3O3S. The molecule has 0 spiro atoms. The van der Waals surface area contributed by atoms with E-state index in [9.17, 15) is 14.4 Å². The molecule has 0 bridgehead atoms. The van der Waals surface area contributed by atoms with E-state index in [-0.39, 0.29) is 4.91 Å². The van der Waals surface area contributed by atoms with Crippen molar-refractivity contribution in [3.8, 4) is 0 Å². The lowest BCUT2D eigenvalue weighted by Crippen LogP contribution is -2.36. The summed E-state index contributed by atoms with van der Waals surface area (Å²) in [6.45, 7) is 2.12. The number of benzene rings is 2. The molecular weight excluding hydrogens is 422 g/mol. The molecule has 2 aromatic carbocycles. The van der Waals surface area contributed by atoms with Crippen LogP contribution in [-0.4, -0.2) is 33.1 Å². The second-order valence-corrected chi connectivity index (χ2v) is 8.33. The normalized spacial score (nSPS) is 15.5. The van der Waals surface area contributed by atoms with Crippen LogP contribution < -0.4 is 5.73 Å². The Kier molecular flexibility index (Phi) is 5.40. The number of imide groups is 1. The first kappa shape index (κ1) is 20.3. The van der Waals surface area contributed by atoms with Crippen molar-refractivity contribution in [1.82, 2.24) is 9.47 Å². The van der Waals surface area contributed by atoms with Crippen molar-refractivity contribution in [3.05, 3.63) is 75.3 Å². The number of halogens is 1. The summed E-state index contributed by atoms with van der Waals surface area (Å²) in [7, 11) is 0. The summed E-state index contributed by atoms with van der Waals surface area (Å²) in [5, 5.41) is 1.15. The number of rotatable bonds is 5. The largest absolute Gasteiger partial charge is 0.368 e. The van der Waals surface area contributed by atoms with Crippen LogP contribution in [0.4, 0.5) is 4.79 Å². The Morgan fingerprint density at radius 2 is 1.83 bits per heavy atom. The third-order valence-corrected chi connectivity index (χ3v) is 6.31. The fourth-order valence-corrected chi connectivity index (χ4v) is 4.58. The third kappa shape index (κ3) is 3.62. The van der Waals surface area contributed by atoms with Gasteiger partial charge in [0, 0.05) is 33.7 Å². The monoisotopic (exact) mass is 439 g/mol. The molecule has 1 saturated heterocycles. The number of thioether (sulfide) groups is 1. The zero-order valence-electron chi connectivity index (χ0n) is 16.1. The third-order valence-electron chi connectivity index (χ3n) is 5.03. The second kappa shape index (κ2) is 8.01. The SMILES string of the molecule is Cc1c(/C=C2\SC(=O)N(CC(N)=O)C2=O)c2ccccc2n1Cc1ccccc1Cl. The number of amides is 3. The zero-order valence-corrected chi connectivity index (χ0v) is 17.7. The summed E-state index contributed by atoms with van der Waals surface area (Å²) >= 11 is 7.17. The quantitative estimate of drug-likeness (QED) is 0.604. The fraction of sp³-hybridized carbons (Fsp3) is 0.136. The lowest BCUT2D eigenvalue weighted by Gasteiger charge is -2.10. The molecule has 30 heavy (non-hydrogen) atoms. The number of hydrogen-bond acceptors (Lipinski definition) is 4. The number of carbonyl (C=O) groups excluding carboxylic acids is 3. The maximum Gasteiger partial charge on any atom is 0.294 e. The fourth-order valence-electron chi connectivity index (χ4n) is 3.56. The molecule has 4 rings (SSSR count). The zero-order chi connectivity index (χ0) is 21.4. The number of fused-ring (bicyclic) bond motifs is 1. The van der Waals surface area contributed by atoms with Gasteiger partial charge in [0.1, 0.15) is 6.54 Å². The highest BCUT2D eigenvalue weighted by atomic mass is 35.5. The summed E-state index contributed by atoms with van der Waals surface area (Å²) in [4.78, 5) is 37.1. The van der Waals surface area contributed by atoms with Crippen LogP contribution >= 0.6 is 23.4 Å². The smallest absolute Gasteiger partial charge is 0.294 e. The molecule has 0 saturated carbocycles. The minimum absolute atomic E-state index is 0.269. The number of nitrogens with two attached hydrogens (primary N) is 1. The molecule has 1 aliphatic heterocycles. The van der Waals surface area contributed by atoms with Gasteiger partial charge < -0.3 is 10.3 Å². The molecule has 0 aliphatic carbocycles. The average Bonchev–Trinajstić information content (AvgIpc) is 3.12. The minimum Gasteiger partial charge on any atom is -0.368 e. The van der Waals surface area contributed by atoms with Gasteiger partial charge >= 0.3 is 0 Å². The summed E-state index contributed by atoms with van der Waals surface area (Å²) < 4.78 is 2.13. The van der Waals surface area contributed by atoms with Gasteiger partial charge in [0.15, 0.2) is 0 Å². The maximum absolute atomic E-state index is 12.6. The van der Waals surface area contributed by atoms with E-state index in [4.69, 9.17) is 17.3 Å². The van der Waals surface area contributed by atoms with Crippen molar-refractivity contribution >= 4 is 57.4 Å². The Bertz CT molecular complexity index is 1230. The predicted molar refractivity (Wildman–Crippen MR) is 119 cm³/mol. The number of primary amides is 1. The van der Waals surface area contributed by atoms with Gasteiger partial charge in [0.2, 0.25) is 5.91 Å². The molecule has 152 valence electrons. The van der Waals surface area contributed by atoms with Crippen molar-refractivity contribution in [2.75, 3.05) is 6.54 Å². The van der Waals surface area contributed by atoms with Crippen LogP contribution in [0.25, 0.3) is 17.0 Å². The first-order valence-electron chi connectivity index (χ1n) is 9.21. The summed E-state index contributed by atoms with van der Waals surface area (Å²) in [6, 6.07) is 15.5. The summed E-state index contributed by atoms with van der Waals surface area (Å²) in [5.74, 6) is -1.24. The minimum atomic E-state index is -0.730. The molecule has 6 nitrogen and oxygen atoms in total. The van der Waals surface area contributed by atoms with E-state index < -0.39 is 23.6 Å². The van der Waals surface area contributed by atoms with Gasteiger partial charge in [-0.2, -0.15) is 0 Å². The molecule has 0 radical (unpaired) electrons.